The van der Waals surface area contributed by atoms with Crippen molar-refractivity contribution in [1.82, 2.24) is 4.90 Å². The fraction of sp³-hybridized carbons (Fsp3) is 0.385. The molecule has 1 aromatic rings. The lowest BCUT2D eigenvalue weighted by Crippen LogP contribution is -2.38. The predicted octanol–water partition coefficient (Wildman–Crippen LogP) is 1.64. The van der Waals surface area contributed by atoms with Gasteiger partial charge in [-0.25, -0.2) is 4.79 Å². The Morgan fingerprint density at radius 2 is 2.00 bits per heavy atom. The molecular formula is C13H18N2O5. The number of amides is 2. The van der Waals surface area contributed by atoms with Crippen molar-refractivity contribution in [3.05, 3.63) is 18.2 Å². The van der Waals surface area contributed by atoms with E-state index in [1.165, 1.54) is 19.1 Å². The van der Waals surface area contributed by atoms with Gasteiger partial charge in [-0.1, -0.05) is 0 Å². The summed E-state index contributed by atoms with van der Waals surface area (Å²) in [4.78, 5) is 23.8. The molecule has 0 bridgehead atoms. The maximum absolute atomic E-state index is 12.0. The summed E-state index contributed by atoms with van der Waals surface area (Å²) >= 11 is 0. The Balaban J connectivity index is 2.86. The average Bonchev–Trinajstić information content (AvgIpc) is 2.44. The van der Waals surface area contributed by atoms with Crippen molar-refractivity contribution in [3.8, 4) is 11.5 Å². The molecule has 0 fully saturated rings. The van der Waals surface area contributed by atoms with Gasteiger partial charge in [0.25, 0.3) is 0 Å². The number of carbonyl (C=O) groups excluding carboxylic acids is 1. The van der Waals surface area contributed by atoms with Gasteiger partial charge >= 0.3 is 12.0 Å². The zero-order valence-electron chi connectivity index (χ0n) is 11.7. The number of aliphatic carboxylic acids is 1. The molecule has 1 aromatic carbocycles. The Bertz CT molecular complexity index is 490. The molecule has 110 valence electrons. The molecule has 0 radical (unpaired) electrons. The SMILES string of the molecule is CCN(CC(=O)O)C(=O)Nc1ccc(OC)cc1OC. The molecule has 0 aliphatic rings. The molecule has 0 aliphatic carbocycles. The van der Waals surface area contributed by atoms with Gasteiger partial charge in [-0.15, -0.1) is 0 Å². The number of nitrogens with one attached hydrogen (secondary N) is 1. The highest BCUT2D eigenvalue weighted by Crippen LogP contribution is 2.29. The molecule has 1 rings (SSSR count). The number of carboxylic acid groups (broad SMARTS) is 1. The number of urea groups is 1. The topological polar surface area (TPSA) is 88.1 Å². The molecule has 2 N–H and O–H groups in total. The van der Waals surface area contributed by atoms with Crippen LogP contribution in [0.5, 0.6) is 11.5 Å². The molecule has 0 saturated heterocycles. The quantitative estimate of drug-likeness (QED) is 0.828. The first-order valence-electron chi connectivity index (χ1n) is 6.01. The Labute approximate surface area is 117 Å². The third-order valence-corrected chi connectivity index (χ3v) is 2.65. The van der Waals surface area contributed by atoms with Gasteiger partial charge in [-0.3, -0.25) is 4.79 Å². The van der Waals surface area contributed by atoms with E-state index in [-0.39, 0.29) is 13.1 Å². The van der Waals surface area contributed by atoms with E-state index in [9.17, 15) is 9.59 Å². The molecular weight excluding hydrogens is 264 g/mol. The van der Waals surface area contributed by atoms with Gasteiger partial charge < -0.3 is 24.8 Å². The lowest BCUT2D eigenvalue weighted by molar-refractivity contribution is -0.137. The Morgan fingerprint density at radius 3 is 2.50 bits per heavy atom. The molecule has 2 amide bonds. The van der Waals surface area contributed by atoms with Crippen molar-refractivity contribution >= 4 is 17.7 Å². The van der Waals surface area contributed by atoms with Gasteiger partial charge in [-0.2, -0.15) is 0 Å². The minimum atomic E-state index is -1.07. The number of methoxy groups -OCH3 is 2. The number of carboxylic acids is 1. The van der Waals surface area contributed by atoms with Crippen molar-refractivity contribution in [3.63, 3.8) is 0 Å². The monoisotopic (exact) mass is 282 g/mol. The van der Waals surface area contributed by atoms with Gasteiger partial charge in [0.1, 0.15) is 18.0 Å². The van der Waals surface area contributed by atoms with Crippen molar-refractivity contribution in [2.24, 2.45) is 0 Å². The van der Waals surface area contributed by atoms with Crippen LogP contribution in [0.25, 0.3) is 0 Å². The molecule has 20 heavy (non-hydrogen) atoms. The minimum absolute atomic E-state index is 0.288. The average molecular weight is 282 g/mol. The number of hydrogen-bond acceptors (Lipinski definition) is 4. The van der Waals surface area contributed by atoms with E-state index in [4.69, 9.17) is 14.6 Å². The zero-order chi connectivity index (χ0) is 15.1. The largest absolute Gasteiger partial charge is 0.497 e. The number of anilines is 1. The summed E-state index contributed by atoms with van der Waals surface area (Å²) in [5.41, 5.74) is 0.446. The fourth-order valence-corrected chi connectivity index (χ4v) is 1.59. The fourth-order valence-electron chi connectivity index (χ4n) is 1.59. The summed E-state index contributed by atoms with van der Waals surface area (Å²) in [6.07, 6.45) is 0. The Hall–Kier alpha value is -2.44. The van der Waals surface area contributed by atoms with Crippen molar-refractivity contribution in [2.45, 2.75) is 6.92 Å². The zero-order valence-corrected chi connectivity index (χ0v) is 11.7. The first kappa shape index (κ1) is 15.6. The molecule has 0 unspecified atom stereocenters. The Kier molecular flexibility index (Phi) is 5.64. The summed E-state index contributed by atoms with van der Waals surface area (Å²) in [6, 6.07) is 4.43. The highest BCUT2D eigenvalue weighted by molar-refractivity contribution is 5.92. The van der Waals surface area contributed by atoms with Gasteiger partial charge in [0.2, 0.25) is 0 Å². The van der Waals surface area contributed by atoms with Crippen LogP contribution in [0.2, 0.25) is 0 Å². The normalized spacial score (nSPS) is 9.75. The van der Waals surface area contributed by atoms with Crippen LogP contribution in [0.4, 0.5) is 10.5 Å². The van der Waals surface area contributed by atoms with E-state index in [1.807, 2.05) is 0 Å². The van der Waals surface area contributed by atoms with Crippen LogP contribution in [-0.4, -0.2) is 49.3 Å². The van der Waals surface area contributed by atoms with Crippen LogP contribution in [0.1, 0.15) is 6.92 Å². The highest BCUT2D eigenvalue weighted by Gasteiger charge is 2.16. The van der Waals surface area contributed by atoms with Crippen LogP contribution in [0.15, 0.2) is 18.2 Å². The summed E-state index contributed by atoms with van der Waals surface area (Å²) < 4.78 is 10.2. The van der Waals surface area contributed by atoms with E-state index in [0.29, 0.717) is 17.2 Å². The molecule has 7 nitrogen and oxygen atoms in total. The maximum Gasteiger partial charge on any atom is 0.323 e. The number of likely N-dealkylation sites (N-methyl/N-ethyl adjacent to an activating group) is 1. The summed E-state index contributed by atoms with van der Waals surface area (Å²) in [6.45, 7) is 1.63. The van der Waals surface area contributed by atoms with Crippen LogP contribution in [-0.2, 0) is 4.79 Å². The summed E-state index contributed by atoms with van der Waals surface area (Å²) in [5.74, 6) is -0.0366. The first-order valence-corrected chi connectivity index (χ1v) is 6.01. The molecule has 0 saturated carbocycles. The third-order valence-electron chi connectivity index (χ3n) is 2.65. The number of nitrogens with zero attached hydrogens (tertiary/aromatic N) is 1. The van der Waals surface area contributed by atoms with Crippen molar-refractivity contribution in [1.29, 1.82) is 0 Å². The second-order valence-corrected chi connectivity index (χ2v) is 3.90. The van der Waals surface area contributed by atoms with Crippen LogP contribution in [0, 0.1) is 0 Å². The highest BCUT2D eigenvalue weighted by atomic mass is 16.5. The van der Waals surface area contributed by atoms with E-state index in [2.05, 4.69) is 5.32 Å². The number of rotatable bonds is 6. The van der Waals surface area contributed by atoms with Crippen molar-refractivity contribution < 1.29 is 24.2 Å². The molecule has 0 heterocycles. The number of benzene rings is 1. The van der Waals surface area contributed by atoms with Gasteiger partial charge in [-0.05, 0) is 19.1 Å². The van der Waals surface area contributed by atoms with Gasteiger partial charge in [0.05, 0.1) is 19.9 Å². The molecule has 0 aliphatic heterocycles. The second-order valence-electron chi connectivity index (χ2n) is 3.90. The van der Waals surface area contributed by atoms with Crippen molar-refractivity contribution in [2.75, 3.05) is 32.6 Å². The van der Waals surface area contributed by atoms with E-state index in [0.717, 1.165) is 0 Å². The molecule has 0 atom stereocenters. The van der Waals surface area contributed by atoms with E-state index >= 15 is 0 Å². The molecule has 0 spiro atoms. The first-order chi connectivity index (χ1) is 9.51. The summed E-state index contributed by atoms with van der Waals surface area (Å²) in [7, 11) is 3.00. The predicted molar refractivity (Wildman–Crippen MR) is 73.4 cm³/mol. The standard InChI is InChI=1S/C13H18N2O5/c1-4-15(8-12(16)17)13(18)14-10-6-5-9(19-2)7-11(10)20-3/h5-7H,4,8H2,1-3H3,(H,14,18)(H,16,17). The van der Waals surface area contributed by atoms with E-state index < -0.39 is 12.0 Å². The lowest BCUT2D eigenvalue weighted by Gasteiger charge is -2.20. The number of hydrogen-bond donors (Lipinski definition) is 2. The third kappa shape index (κ3) is 4.04. The lowest BCUT2D eigenvalue weighted by atomic mass is 10.2. The minimum Gasteiger partial charge on any atom is -0.497 e. The summed E-state index contributed by atoms with van der Waals surface area (Å²) in [5, 5.41) is 11.3. The second kappa shape index (κ2) is 7.22. The Morgan fingerprint density at radius 1 is 1.30 bits per heavy atom. The number of ether oxygens (including phenoxy) is 2. The molecule has 0 aromatic heterocycles. The maximum atomic E-state index is 12.0. The van der Waals surface area contributed by atoms with Crippen LogP contribution in [0.3, 0.4) is 0 Å². The van der Waals surface area contributed by atoms with Crippen LogP contribution < -0.4 is 14.8 Å². The van der Waals surface area contributed by atoms with Gasteiger partial charge in [0, 0.05) is 12.6 Å². The molecule has 7 heteroatoms. The smallest absolute Gasteiger partial charge is 0.323 e. The van der Waals surface area contributed by atoms with E-state index in [1.54, 1.807) is 25.1 Å². The van der Waals surface area contributed by atoms with Gasteiger partial charge in [0.15, 0.2) is 0 Å². The number of carbonyl (C=O) groups is 2. The van der Waals surface area contributed by atoms with Crippen LogP contribution >= 0.6 is 0 Å².